The van der Waals surface area contributed by atoms with Crippen LogP contribution >= 0.6 is 0 Å². The Morgan fingerprint density at radius 2 is 1.80 bits per heavy atom. The summed E-state index contributed by atoms with van der Waals surface area (Å²) in [5, 5.41) is 0. The molecule has 2 aromatic heterocycles. The van der Waals surface area contributed by atoms with Gasteiger partial charge in [-0.3, -0.25) is 4.79 Å². The van der Waals surface area contributed by atoms with Crippen molar-refractivity contribution >= 4 is 21.4 Å². The monoisotopic (exact) mass is 521 g/mol. The van der Waals surface area contributed by atoms with Gasteiger partial charge in [-0.05, 0) is 24.6 Å². The third-order valence-electron chi connectivity index (χ3n) is 5.48. The number of aromatic nitrogens is 2. The fraction of sp³-hybridized carbons (Fsp3) is 0.364. The SMILES string of the molecule is CCS(=O)(=O)CCN(C(=O)Cc1ccc(F)c(C(F)(F)F)c1)C(C)c1cn2cc(F)cc(F)c2n1. The molecule has 0 aliphatic carbocycles. The second kappa shape index (κ2) is 9.88. The van der Waals surface area contributed by atoms with Gasteiger partial charge < -0.3 is 9.30 Å². The van der Waals surface area contributed by atoms with Crippen LogP contribution in [0.5, 0.6) is 0 Å². The highest BCUT2D eigenvalue weighted by Crippen LogP contribution is 2.32. The van der Waals surface area contributed by atoms with E-state index in [1.807, 2.05) is 0 Å². The van der Waals surface area contributed by atoms with Crippen LogP contribution in [-0.2, 0) is 27.2 Å². The number of rotatable bonds is 8. The number of hydrogen-bond donors (Lipinski definition) is 0. The van der Waals surface area contributed by atoms with Crippen molar-refractivity contribution in [3.63, 3.8) is 0 Å². The van der Waals surface area contributed by atoms with Gasteiger partial charge in [-0.2, -0.15) is 13.2 Å². The van der Waals surface area contributed by atoms with Crippen molar-refractivity contribution in [3.05, 3.63) is 70.9 Å². The summed E-state index contributed by atoms with van der Waals surface area (Å²) >= 11 is 0. The Hall–Kier alpha value is -3.09. The van der Waals surface area contributed by atoms with E-state index >= 15 is 0 Å². The summed E-state index contributed by atoms with van der Waals surface area (Å²) in [5.74, 6) is -4.71. The lowest BCUT2D eigenvalue weighted by Crippen LogP contribution is -2.38. The summed E-state index contributed by atoms with van der Waals surface area (Å²) in [6.45, 7) is 2.56. The van der Waals surface area contributed by atoms with Gasteiger partial charge in [0.15, 0.2) is 21.3 Å². The van der Waals surface area contributed by atoms with Gasteiger partial charge >= 0.3 is 6.18 Å². The molecule has 0 radical (unpaired) electrons. The Bertz CT molecular complexity index is 1350. The number of alkyl halides is 3. The predicted octanol–water partition coefficient (Wildman–Crippen LogP) is 4.34. The van der Waals surface area contributed by atoms with Gasteiger partial charge in [0.25, 0.3) is 0 Å². The zero-order valence-electron chi connectivity index (χ0n) is 18.6. The largest absolute Gasteiger partial charge is 0.419 e. The van der Waals surface area contributed by atoms with Gasteiger partial charge in [0, 0.05) is 30.8 Å². The van der Waals surface area contributed by atoms with Crippen LogP contribution in [0.4, 0.5) is 26.3 Å². The number of carbonyl (C=O) groups excluding carboxylic acids is 1. The summed E-state index contributed by atoms with van der Waals surface area (Å²) < 4.78 is 106. The van der Waals surface area contributed by atoms with E-state index in [1.54, 1.807) is 0 Å². The third-order valence-corrected chi connectivity index (χ3v) is 7.17. The Labute approximate surface area is 197 Å². The van der Waals surface area contributed by atoms with Crippen molar-refractivity contribution in [2.75, 3.05) is 18.1 Å². The fourth-order valence-corrected chi connectivity index (χ4v) is 4.26. The molecule has 1 amide bonds. The van der Waals surface area contributed by atoms with Crippen molar-refractivity contribution in [1.29, 1.82) is 0 Å². The van der Waals surface area contributed by atoms with Crippen LogP contribution in [0.3, 0.4) is 0 Å². The van der Waals surface area contributed by atoms with Crippen LogP contribution in [0, 0.1) is 17.5 Å². The molecule has 13 heteroatoms. The predicted molar refractivity (Wildman–Crippen MR) is 115 cm³/mol. The molecule has 3 rings (SSSR count). The molecule has 0 bridgehead atoms. The first-order chi connectivity index (χ1) is 16.2. The first-order valence-electron chi connectivity index (χ1n) is 10.4. The molecule has 0 saturated heterocycles. The van der Waals surface area contributed by atoms with E-state index in [9.17, 15) is 39.6 Å². The molecule has 1 unspecified atom stereocenters. The lowest BCUT2D eigenvalue weighted by atomic mass is 10.1. The number of imidazole rings is 1. The van der Waals surface area contributed by atoms with E-state index < -0.39 is 63.2 Å². The van der Waals surface area contributed by atoms with E-state index in [4.69, 9.17) is 0 Å². The fourth-order valence-electron chi connectivity index (χ4n) is 3.50. The molecule has 0 fully saturated rings. The zero-order chi connectivity index (χ0) is 26.1. The first kappa shape index (κ1) is 26.5. The van der Waals surface area contributed by atoms with Crippen LogP contribution in [-0.4, -0.2) is 46.7 Å². The number of amides is 1. The van der Waals surface area contributed by atoms with Crippen molar-refractivity contribution in [3.8, 4) is 0 Å². The number of fused-ring (bicyclic) bond motifs is 1. The normalized spacial score (nSPS) is 13.3. The van der Waals surface area contributed by atoms with E-state index in [1.165, 1.54) is 20.0 Å². The maximum Gasteiger partial charge on any atom is 0.419 e. The maximum absolute atomic E-state index is 14.1. The number of benzene rings is 1. The average Bonchev–Trinajstić information content (AvgIpc) is 3.18. The Morgan fingerprint density at radius 1 is 1.11 bits per heavy atom. The molecule has 35 heavy (non-hydrogen) atoms. The highest BCUT2D eigenvalue weighted by Gasteiger charge is 2.34. The summed E-state index contributed by atoms with van der Waals surface area (Å²) in [6.07, 6.45) is -3.33. The number of pyridine rings is 1. The first-order valence-corrected chi connectivity index (χ1v) is 12.2. The molecule has 0 aliphatic heterocycles. The van der Waals surface area contributed by atoms with E-state index in [-0.39, 0.29) is 29.2 Å². The summed E-state index contributed by atoms with van der Waals surface area (Å²) in [6, 6.07) is 1.82. The molecule has 0 saturated carbocycles. The van der Waals surface area contributed by atoms with E-state index in [0.29, 0.717) is 18.2 Å². The molecular weight excluding hydrogens is 500 g/mol. The van der Waals surface area contributed by atoms with Crippen molar-refractivity contribution in [1.82, 2.24) is 14.3 Å². The Balaban J connectivity index is 1.95. The number of carbonyl (C=O) groups is 1. The number of halogens is 6. The summed E-state index contributed by atoms with van der Waals surface area (Å²) in [4.78, 5) is 18.3. The molecule has 3 aromatic rings. The molecular formula is C22H21F6N3O3S. The molecule has 0 spiro atoms. The number of nitrogens with zero attached hydrogens (tertiary/aromatic N) is 3. The smallest absolute Gasteiger partial charge is 0.333 e. The molecule has 0 N–H and O–H groups in total. The van der Waals surface area contributed by atoms with Crippen LogP contribution < -0.4 is 0 Å². The topological polar surface area (TPSA) is 71.8 Å². The minimum atomic E-state index is -4.97. The van der Waals surface area contributed by atoms with E-state index in [0.717, 1.165) is 21.6 Å². The van der Waals surface area contributed by atoms with Crippen molar-refractivity contribution in [2.24, 2.45) is 0 Å². The second-order valence-electron chi connectivity index (χ2n) is 7.89. The Morgan fingerprint density at radius 3 is 2.43 bits per heavy atom. The van der Waals surface area contributed by atoms with Gasteiger partial charge in [-0.25, -0.2) is 26.6 Å². The van der Waals surface area contributed by atoms with Gasteiger partial charge in [0.05, 0.1) is 29.5 Å². The second-order valence-corrected chi connectivity index (χ2v) is 10.4. The van der Waals surface area contributed by atoms with Gasteiger partial charge in [-0.15, -0.1) is 0 Å². The number of hydrogen-bond acceptors (Lipinski definition) is 4. The third kappa shape index (κ3) is 6.13. The molecule has 0 aliphatic rings. The molecule has 1 aromatic carbocycles. The lowest BCUT2D eigenvalue weighted by Gasteiger charge is -2.28. The van der Waals surface area contributed by atoms with Crippen LogP contribution in [0.15, 0.2) is 36.7 Å². The minimum absolute atomic E-state index is 0.104. The quantitative estimate of drug-likeness (QED) is 0.414. The van der Waals surface area contributed by atoms with Crippen LogP contribution in [0.2, 0.25) is 0 Å². The highest BCUT2D eigenvalue weighted by atomic mass is 32.2. The Kier molecular flexibility index (Phi) is 7.48. The van der Waals surface area contributed by atoms with Crippen molar-refractivity contribution < 1.29 is 39.6 Å². The summed E-state index contributed by atoms with van der Waals surface area (Å²) in [7, 11) is -3.53. The van der Waals surface area contributed by atoms with E-state index in [2.05, 4.69) is 4.98 Å². The molecule has 6 nitrogen and oxygen atoms in total. The van der Waals surface area contributed by atoms with Gasteiger partial charge in [-0.1, -0.05) is 13.0 Å². The zero-order valence-corrected chi connectivity index (χ0v) is 19.4. The van der Waals surface area contributed by atoms with Crippen LogP contribution in [0.1, 0.15) is 36.7 Å². The standard InChI is InChI=1S/C22H21F6N3O3S/c1-3-35(33,34)7-6-31(13(2)19-12-30-11-15(23)10-18(25)21(30)29-19)20(32)9-14-4-5-17(24)16(8-14)22(26,27)28/h4-5,8,10-13H,3,6-7,9H2,1-2H3. The van der Waals surface area contributed by atoms with Crippen molar-refractivity contribution in [2.45, 2.75) is 32.5 Å². The lowest BCUT2D eigenvalue weighted by molar-refractivity contribution is -0.140. The summed E-state index contributed by atoms with van der Waals surface area (Å²) in [5.41, 5.74) is -1.79. The van der Waals surface area contributed by atoms with Gasteiger partial charge in [0.1, 0.15) is 11.6 Å². The van der Waals surface area contributed by atoms with Crippen LogP contribution in [0.25, 0.3) is 5.65 Å². The maximum atomic E-state index is 14.1. The average molecular weight is 521 g/mol. The molecule has 2 heterocycles. The number of sulfone groups is 1. The molecule has 1 atom stereocenters. The van der Waals surface area contributed by atoms with Gasteiger partial charge in [0.2, 0.25) is 5.91 Å². The molecule has 190 valence electrons. The highest BCUT2D eigenvalue weighted by molar-refractivity contribution is 7.91. The minimum Gasteiger partial charge on any atom is -0.333 e.